The van der Waals surface area contributed by atoms with Crippen LogP contribution >= 0.6 is 11.6 Å². The summed E-state index contributed by atoms with van der Waals surface area (Å²) in [6.45, 7) is 3.59. The summed E-state index contributed by atoms with van der Waals surface area (Å²) in [6.07, 6.45) is 0. The zero-order chi connectivity index (χ0) is 25.5. The largest absolute Gasteiger partial charge is 0.457 e. The summed E-state index contributed by atoms with van der Waals surface area (Å²) in [5.41, 5.74) is 0.579. The number of morpholine rings is 1. The first-order chi connectivity index (χ1) is 17.3. The molecule has 190 valence electrons. The molecule has 1 aliphatic heterocycles. The number of nitrogens with zero attached hydrogens (tertiary/aromatic N) is 3. The van der Waals surface area contributed by atoms with Gasteiger partial charge in [0.1, 0.15) is 11.5 Å². The first-order valence-electron chi connectivity index (χ1n) is 11.4. The van der Waals surface area contributed by atoms with Crippen LogP contribution in [0, 0.1) is 10.1 Å². The molecule has 0 radical (unpaired) electrons. The van der Waals surface area contributed by atoms with E-state index in [4.69, 9.17) is 21.1 Å². The maximum atomic E-state index is 13.6. The van der Waals surface area contributed by atoms with Crippen molar-refractivity contribution < 1.29 is 22.8 Å². The molecular formula is C25H26ClN3O6S. The van der Waals surface area contributed by atoms with Gasteiger partial charge in [-0.2, -0.15) is 4.31 Å². The zero-order valence-electron chi connectivity index (χ0n) is 19.5. The predicted octanol–water partition coefficient (Wildman–Crippen LogP) is 4.56. The van der Waals surface area contributed by atoms with Crippen LogP contribution in [0.5, 0.6) is 11.5 Å². The number of sulfonamides is 1. The van der Waals surface area contributed by atoms with E-state index in [0.717, 1.165) is 18.7 Å². The molecule has 0 aromatic heterocycles. The van der Waals surface area contributed by atoms with Crippen LogP contribution in [0.2, 0.25) is 5.02 Å². The monoisotopic (exact) mass is 531 g/mol. The third-order valence-corrected chi connectivity index (χ3v) is 7.87. The molecule has 0 spiro atoms. The molecule has 0 N–H and O–H groups in total. The maximum absolute atomic E-state index is 13.6. The lowest BCUT2D eigenvalue weighted by Gasteiger charge is -2.29. The third-order valence-electron chi connectivity index (χ3n) is 5.76. The molecule has 0 aliphatic carbocycles. The lowest BCUT2D eigenvalue weighted by molar-refractivity contribution is -0.384. The van der Waals surface area contributed by atoms with Gasteiger partial charge in [-0.15, -0.1) is 0 Å². The fourth-order valence-corrected chi connectivity index (χ4v) is 5.35. The van der Waals surface area contributed by atoms with Crippen molar-refractivity contribution in [2.24, 2.45) is 0 Å². The van der Waals surface area contributed by atoms with E-state index in [9.17, 15) is 18.5 Å². The molecule has 4 rings (SSSR count). The van der Waals surface area contributed by atoms with Crippen LogP contribution in [-0.2, 0) is 21.3 Å². The summed E-state index contributed by atoms with van der Waals surface area (Å²) in [5, 5.41) is 11.6. The standard InChI is InChI=1S/C25H26ClN3O6S/c26-21-4-8-23(9-5-21)35-24-3-1-2-20(18-24)19-28(13-12-27-14-16-34-17-15-27)36(32,33)25-10-6-22(7-11-25)29(30)31/h1-11,18H,12-17,19H2. The third kappa shape index (κ3) is 6.80. The van der Waals surface area contributed by atoms with Crippen LogP contribution in [-0.4, -0.2) is 61.9 Å². The van der Waals surface area contributed by atoms with Crippen molar-refractivity contribution in [3.63, 3.8) is 0 Å². The number of hydrogen-bond donors (Lipinski definition) is 0. The molecule has 0 saturated carbocycles. The van der Waals surface area contributed by atoms with Crippen molar-refractivity contribution in [2.75, 3.05) is 39.4 Å². The fraction of sp³-hybridized carbons (Fsp3) is 0.280. The highest BCUT2D eigenvalue weighted by Gasteiger charge is 2.26. The Morgan fingerprint density at radius 1 is 1.00 bits per heavy atom. The van der Waals surface area contributed by atoms with Gasteiger partial charge in [-0.3, -0.25) is 15.0 Å². The highest BCUT2D eigenvalue weighted by atomic mass is 35.5. The molecule has 1 saturated heterocycles. The second-order valence-electron chi connectivity index (χ2n) is 8.25. The summed E-state index contributed by atoms with van der Waals surface area (Å²) in [7, 11) is -3.92. The quantitative estimate of drug-likeness (QED) is 0.279. The van der Waals surface area contributed by atoms with Gasteiger partial charge in [-0.25, -0.2) is 8.42 Å². The number of rotatable bonds is 10. The van der Waals surface area contributed by atoms with Crippen molar-refractivity contribution in [3.8, 4) is 11.5 Å². The Morgan fingerprint density at radius 3 is 2.36 bits per heavy atom. The average molecular weight is 532 g/mol. The number of benzene rings is 3. The van der Waals surface area contributed by atoms with Crippen LogP contribution < -0.4 is 4.74 Å². The predicted molar refractivity (Wildman–Crippen MR) is 136 cm³/mol. The summed E-state index contributed by atoms with van der Waals surface area (Å²) >= 11 is 5.94. The van der Waals surface area contributed by atoms with Crippen LogP contribution in [0.4, 0.5) is 5.69 Å². The molecule has 36 heavy (non-hydrogen) atoms. The molecule has 0 amide bonds. The van der Waals surface area contributed by atoms with Gasteiger partial charge in [-0.05, 0) is 54.1 Å². The molecule has 3 aromatic rings. The Hall–Kier alpha value is -3.02. The van der Waals surface area contributed by atoms with E-state index in [0.29, 0.717) is 36.3 Å². The number of nitro groups is 1. The van der Waals surface area contributed by atoms with E-state index >= 15 is 0 Å². The Kier molecular flexibility index (Phi) is 8.55. The Labute approximate surface area is 215 Å². The smallest absolute Gasteiger partial charge is 0.269 e. The first-order valence-corrected chi connectivity index (χ1v) is 13.2. The van der Waals surface area contributed by atoms with Gasteiger partial charge in [0.2, 0.25) is 10.0 Å². The molecule has 3 aromatic carbocycles. The van der Waals surface area contributed by atoms with Crippen LogP contribution in [0.3, 0.4) is 0 Å². The van der Waals surface area contributed by atoms with Crippen LogP contribution in [0.15, 0.2) is 77.7 Å². The van der Waals surface area contributed by atoms with Gasteiger partial charge >= 0.3 is 0 Å². The van der Waals surface area contributed by atoms with Crippen molar-refractivity contribution in [2.45, 2.75) is 11.4 Å². The van der Waals surface area contributed by atoms with E-state index < -0.39 is 14.9 Å². The molecule has 0 unspecified atom stereocenters. The zero-order valence-corrected chi connectivity index (χ0v) is 21.0. The van der Waals surface area contributed by atoms with Gasteiger partial charge in [0.15, 0.2) is 0 Å². The highest BCUT2D eigenvalue weighted by molar-refractivity contribution is 7.89. The lowest BCUT2D eigenvalue weighted by Crippen LogP contribution is -2.42. The normalized spacial score (nSPS) is 14.6. The van der Waals surface area contributed by atoms with Crippen molar-refractivity contribution in [3.05, 3.63) is 93.5 Å². The average Bonchev–Trinajstić information content (AvgIpc) is 2.88. The molecular weight excluding hydrogens is 506 g/mol. The molecule has 9 nitrogen and oxygen atoms in total. The van der Waals surface area contributed by atoms with Crippen LogP contribution in [0.1, 0.15) is 5.56 Å². The first kappa shape index (κ1) is 26.1. The van der Waals surface area contributed by atoms with Crippen LogP contribution in [0.25, 0.3) is 0 Å². The molecule has 1 fully saturated rings. The van der Waals surface area contributed by atoms with Crippen molar-refractivity contribution in [1.29, 1.82) is 0 Å². The molecule has 0 bridgehead atoms. The summed E-state index contributed by atoms with van der Waals surface area (Å²) < 4.78 is 39.8. The second kappa shape index (κ2) is 11.8. The van der Waals surface area contributed by atoms with E-state index in [2.05, 4.69) is 4.90 Å². The summed E-state index contributed by atoms with van der Waals surface area (Å²) in [4.78, 5) is 12.6. The van der Waals surface area contributed by atoms with E-state index in [-0.39, 0.29) is 23.7 Å². The van der Waals surface area contributed by atoms with Crippen molar-refractivity contribution >= 4 is 27.3 Å². The number of halogens is 1. The molecule has 11 heteroatoms. The Morgan fingerprint density at radius 2 is 1.69 bits per heavy atom. The van der Waals surface area contributed by atoms with Crippen molar-refractivity contribution in [1.82, 2.24) is 9.21 Å². The number of hydrogen-bond acceptors (Lipinski definition) is 7. The number of non-ortho nitro benzene ring substituents is 1. The highest BCUT2D eigenvalue weighted by Crippen LogP contribution is 2.26. The van der Waals surface area contributed by atoms with Gasteiger partial charge in [0.05, 0.1) is 23.0 Å². The maximum Gasteiger partial charge on any atom is 0.269 e. The van der Waals surface area contributed by atoms with Gasteiger partial charge < -0.3 is 9.47 Å². The van der Waals surface area contributed by atoms with E-state index in [1.165, 1.54) is 28.6 Å². The minimum Gasteiger partial charge on any atom is -0.457 e. The van der Waals surface area contributed by atoms with E-state index in [1.54, 1.807) is 42.5 Å². The fourth-order valence-electron chi connectivity index (χ4n) is 3.80. The summed E-state index contributed by atoms with van der Waals surface area (Å²) in [6, 6.07) is 19.1. The summed E-state index contributed by atoms with van der Waals surface area (Å²) in [5.74, 6) is 1.18. The Bertz CT molecular complexity index is 1280. The SMILES string of the molecule is O=[N+]([O-])c1ccc(S(=O)(=O)N(CCN2CCOCC2)Cc2cccc(Oc3ccc(Cl)cc3)c2)cc1. The molecule has 1 aliphatic rings. The lowest BCUT2D eigenvalue weighted by atomic mass is 10.2. The van der Waals surface area contributed by atoms with Gasteiger partial charge in [0, 0.05) is 49.9 Å². The molecule has 1 heterocycles. The topological polar surface area (TPSA) is 102 Å². The van der Waals surface area contributed by atoms with Gasteiger partial charge in [0.25, 0.3) is 5.69 Å². The minimum atomic E-state index is -3.92. The second-order valence-corrected chi connectivity index (χ2v) is 10.6. The minimum absolute atomic E-state index is 0.00338. The molecule has 0 atom stereocenters. The van der Waals surface area contributed by atoms with E-state index in [1.807, 2.05) is 6.07 Å². The Balaban J connectivity index is 1.56. The number of ether oxygens (including phenoxy) is 2. The van der Waals surface area contributed by atoms with Gasteiger partial charge in [-0.1, -0.05) is 23.7 Å². The number of nitro benzene ring substituents is 1.